The summed E-state index contributed by atoms with van der Waals surface area (Å²) in [6.45, 7) is 3.01. The van der Waals surface area contributed by atoms with Gasteiger partial charge in [-0.25, -0.2) is 8.42 Å². The average molecular weight is 344 g/mol. The van der Waals surface area contributed by atoms with Crippen molar-refractivity contribution in [1.82, 2.24) is 4.31 Å². The molecule has 0 spiro atoms. The molecule has 5 nitrogen and oxygen atoms in total. The van der Waals surface area contributed by atoms with Gasteiger partial charge in [-0.3, -0.25) is 0 Å². The summed E-state index contributed by atoms with van der Waals surface area (Å²) in [5.74, 6) is 0.430. The van der Waals surface area contributed by atoms with Crippen LogP contribution in [-0.4, -0.2) is 31.9 Å². The number of nitrogens with two attached hydrogens (primary N) is 1. The first-order valence-corrected chi connectivity index (χ1v) is 8.76. The van der Waals surface area contributed by atoms with Gasteiger partial charge in [-0.1, -0.05) is 19.1 Å². The molecular weight excluding hydrogens is 322 g/mol. The normalized spacial score (nSPS) is 22.6. The van der Waals surface area contributed by atoms with Crippen molar-refractivity contribution in [2.45, 2.75) is 31.6 Å². The summed E-state index contributed by atoms with van der Waals surface area (Å²) >= 11 is 0. The van der Waals surface area contributed by atoms with Gasteiger partial charge in [0.15, 0.2) is 0 Å². The summed E-state index contributed by atoms with van der Waals surface area (Å²) in [6.07, 6.45) is 1.68. The molecule has 1 heterocycles. The second kappa shape index (κ2) is 7.93. The van der Waals surface area contributed by atoms with Crippen LogP contribution in [0.1, 0.15) is 30.9 Å². The Labute approximate surface area is 138 Å². The van der Waals surface area contributed by atoms with E-state index in [0.717, 1.165) is 12.8 Å². The largest absolute Gasteiger partial charge is 0.329 e. The molecule has 0 aromatic heterocycles. The van der Waals surface area contributed by atoms with Crippen LogP contribution < -0.4 is 5.73 Å². The Kier molecular flexibility index (Phi) is 6.82. The minimum absolute atomic E-state index is 0. The van der Waals surface area contributed by atoms with Crippen molar-refractivity contribution < 1.29 is 8.42 Å². The molecule has 2 N–H and O–H groups in total. The molecule has 0 bridgehead atoms. The minimum atomic E-state index is -3.40. The average Bonchev–Trinajstić information content (AvgIpc) is 2.46. The summed E-state index contributed by atoms with van der Waals surface area (Å²) in [7, 11) is -3.40. The number of halogens is 1. The zero-order valence-corrected chi connectivity index (χ0v) is 14.2. The Morgan fingerprint density at radius 3 is 2.82 bits per heavy atom. The summed E-state index contributed by atoms with van der Waals surface area (Å²) < 4.78 is 26.8. The molecule has 1 aliphatic rings. The van der Waals surface area contributed by atoms with Gasteiger partial charge in [0.05, 0.1) is 17.4 Å². The van der Waals surface area contributed by atoms with E-state index >= 15 is 0 Å². The van der Waals surface area contributed by atoms with Crippen molar-refractivity contribution in [1.29, 1.82) is 5.26 Å². The Bertz CT molecular complexity index is 642. The molecule has 7 heteroatoms. The molecule has 122 valence electrons. The topological polar surface area (TPSA) is 87.2 Å². The van der Waals surface area contributed by atoms with Crippen molar-refractivity contribution in [3.63, 3.8) is 0 Å². The first-order valence-electron chi connectivity index (χ1n) is 7.15. The van der Waals surface area contributed by atoms with E-state index in [0.29, 0.717) is 30.1 Å². The monoisotopic (exact) mass is 343 g/mol. The molecule has 1 saturated heterocycles. The van der Waals surface area contributed by atoms with Gasteiger partial charge in [-0.05, 0) is 36.5 Å². The van der Waals surface area contributed by atoms with E-state index in [1.807, 2.05) is 6.07 Å². The fraction of sp³-hybridized carbons (Fsp3) is 0.533. The van der Waals surface area contributed by atoms with Crippen LogP contribution in [0.25, 0.3) is 0 Å². The third-order valence-corrected chi connectivity index (χ3v) is 5.85. The van der Waals surface area contributed by atoms with E-state index in [-0.39, 0.29) is 24.2 Å². The Morgan fingerprint density at radius 1 is 1.45 bits per heavy atom. The molecule has 0 radical (unpaired) electrons. The summed E-state index contributed by atoms with van der Waals surface area (Å²) in [5, 5.41) is 8.89. The quantitative estimate of drug-likeness (QED) is 0.904. The zero-order chi connectivity index (χ0) is 15.5. The fourth-order valence-corrected chi connectivity index (χ4v) is 4.61. The van der Waals surface area contributed by atoms with Crippen LogP contribution in [0.3, 0.4) is 0 Å². The van der Waals surface area contributed by atoms with E-state index in [2.05, 4.69) is 6.92 Å². The van der Waals surface area contributed by atoms with Crippen molar-refractivity contribution >= 4 is 22.4 Å². The first kappa shape index (κ1) is 18.9. The smallest absolute Gasteiger partial charge is 0.218 e. The summed E-state index contributed by atoms with van der Waals surface area (Å²) in [6, 6.07) is 8.66. The first-order chi connectivity index (χ1) is 9.96. The number of piperidine rings is 1. The molecule has 0 aliphatic carbocycles. The SMILES string of the molecule is CC1CCN(S(=O)(=O)Cc2cccc(C#N)c2)C(CN)C1.Cl. The van der Waals surface area contributed by atoms with Gasteiger partial charge in [0.2, 0.25) is 10.0 Å². The predicted octanol–water partition coefficient (Wildman–Crippen LogP) is 1.87. The molecule has 1 aromatic rings. The van der Waals surface area contributed by atoms with Gasteiger partial charge in [-0.15, -0.1) is 12.4 Å². The molecule has 22 heavy (non-hydrogen) atoms. The van der Waals surface area contributed by atoms with Crippen LogP contribution in [0.5, 0.6) is 0 Å². The maximum atomic E-state index is 12.6. The second-order valence-corrected chi connectivity index (χ2v) is 7.62. The van der Waals surface area contributed by atoms with E-state index in [1.54, 1.807) is 28.6 Å². The lowest BCUT2D eigenvalue weighted by molar-refractivity contribution is 0.211. The van der Waals surface area contributed by atoms with Gasteiger partial charge in [0, 0.05) is 19.1 Å². The van der Waals surface area contributed by atoms with Gasteiger partial charge in [0.25, 0.3) is 0 Å². The number of sulfonamides is 1. The van der Waals surface area contributed by atoms with Crippen LogP contribution in [0.2, 0.25) is 0 Å². The highest BCUT2D eigenvalue weighted by molar-refractivity contribution is 7.88. The number of nitriles is 1. The summed E-state index contributed by atoms with van der Waals surface area (Å²) in [4.78, 5) is 0. The van der Waals surface area contributed by atoms with Crippen molar-refractivity contribution in [2.75, 3.05) is 13.1 Å². The molecule has 0 saturated carbocycles. The van der Waals surface area contributed by atoms with E-state index < -0.39 is 10.0 Å². The molecule has 1 fully saturated rings. The number of hydrogen-bond acceptors (Lipinski definition) is 4. The molecule has 0 amide bonds. The highest BCUT2D eigenvalue weighted by Crippen LogP contribution is 2.26. The number of benzene rings is 1. The van der Waals surface area contributed by atoms with Crippen LogP contribution >= 0.6 is 12.4 Å². The lowest BCUT2D eigenvalue weighted by Gasteiger charge is -2.36. The lowest BCUT2D eigenvalue weighted by Crippen LogP contribution is -2.49. The highest BCUT2D eigenvalue weighted by Gasteiger charge is 2.33. The van der Waals surface area contributed by atoms with Crippen molar-refractivity contribution in [2.24, 2.45) is 11.7 Å². The predicted molar refractivity (Wildman–Crippen MR) is 89.0 cm³/mol. The van der Waals surface area contributed by atoms with E-state index in [4.69, 9.17) is 11.0 Å². The van der Waals surface area contributed by atoms with Gasteiger partial charge in [-0.2, -0.15) is 9.57 Å². The molecular formula is C15H22ClN3O2S. The van der Waals surface area contributed by atoms with Crippen LogP contribution in [0.4, 0.5) is 0 Å². The third kappa shape index (κ3) is 4.43. The van der Waals surface area contributed by atoms with Gasteiger partial charge < -0.3 is 5.73 Å². The third-order valence-electron chi connectivity index (χ3n) is 3.96. The van der Waals surface area contributed by atoms with E-state index in [1.165, 1.54) is 0 Å². The Morgan fingerprint density at radius 2 is 2.18 bits per heavy atom. The number of rotatable bonds is 4. The van der Waals surface area contributed by atoms with E-state index in [9.17, 15) is 8.42 Å². The van der Waals surface area contributed by atoms with Gasteiger partial charge >= 0.3 is 0 Å². The molecule has 2 atom stereocenters. The van der Waals surface area contributed by atoms with Gasteiger partial charge in [0.1, 0.15) is 0 Å². The van der Waals surface area contributed by atoms with Crippen LogP contribution in [-0.2, 0) is 15.8 Å². The number of nitrogens with zero attached hydrogens (tertiary/aromatic N) is 2. The van der Waals surface area contributed by atoms with Crippen LogP contribution in [0.15, 0.2) is 24.3 Å². The molecule has 2 rings (SSSR count). The maximum absolute atomic E-state index is 12.6. The highest BCUT2D eigenvalue weighted by atomic mass is 35.5. The van der Waals surface area contributed by atoms with Crippen molar-refractivity contribution in [3.8, 4) is 6.07 Å². The molecule has 1 aromatic carbocycles. The van der Waals surface area contributed by atoms with Crippen molar-refractivity contribution in [3.05, 3.63) is 35.4 Å². The molecule has 1 aliphatic heterocycles. The standard InChI is InChI=1S/C15H21N3O2S.ClH/c1-12-5-6-18(15(7-12)10-17)21(19,20)11-14-4-2-3-13(8-14)9-16;/h2-4,8,12,15H,5-7,10-11,17H2,1H3;1H. The zero-order valence-electron chi connectivity index (χ0n) is 12.6. The fourth-order valence-electron chi connectivity index (χ4n) is 2.83. The Hall–Kier alpha value is -1.13. The molecule has 2 unspecified atom stereocenters. The lowest BCUT2D eigenvalue weighted by atomic mass is 9.94. The summed E-state index contributed by atoms with van der Waals surface area (Å²) in [5.41, 5.74) is 6.86. The minimum Gasteiger partial charge on any atom is -0.329 e. The second-order valence-electron chi connectivity index (χ2n) is 5.70. The number of hydrogen-bond donors (Lipinski definition) is 1. The Balaban J connectivity index is 0.00000242. The maximum Gasteiger partial charge on any atom is 0.218 e. The van der Waals surface area contributed by atoms with Crippen LogP contribution in [0, 0.1) is 17.2 Å².